The molecule has 0 bridgehead atoms. The summed E-state index contributed by atoms with van der Waals surface area (Å²) < 4.78 is 5.37. The summed E-state index contributed by atoms with van der Waals surface area (Å²) in [5.41, 5.74) is 2.00. The van der Waals surface area contributed by atoms with Crippen LogP contribution in [0.3, 0.4) is 0 Å². The van der Waals surface area contributed by atoms with Crippen LogP contribution in [-0.4, -0.2) is 15.1 Å². The summed E-state index contributed by atoms with van der Waals surface area (Å²) in [6.45, 7) is 0. The van der Waals surface area contributed by atoms with E-state index in [1.165, 1.54) is 0 Å². The average molecular weight is 267 g/mol. The van der Waals surface area contributed by atoms with Crippen molar-refractivity contribution in [3.63, 3.8) is 0 Å². The SMILES string of the molecule is c1csc(-c2noc(-c3c[nH]c4ccccc34)n2)c1. The summed E-state index contributed by atoms with van der Waals surface area (Å²) in [6.07, 6.45) is 1.90. The molecule has 5 heteroatoms. The fraction of sp³-hybridized carbons (Fsp3) is 0. The van der Waals surface area contributed by atoms with Gasteiger partial charge in [-0.05, 0) is 17.5 Å². The molecular formula is C14H9N3OS. The highest BCUT2D eigenvalue weighted by Gasteiger charge is 2.14. The first-order valence-electron chi connectivity index (χ1n) is 5.86. The maximum atomic E-state index is 5.37. The highest BCUT2D eigenvalue weighted by atomic mass is 32.1. The molecule has 0 saturated heterocycles. The number of aromatic nitrogens is 3. The summed E-state index contributed by atoms with van der Waals surface area (Å²) in [4.78, 5) is 8.67. The lowest BCUT2D eigenvalue weighted by molar-refractivity contribution is 0.433. The third kappa shape index (κ3) is 1.67. The first kappa shape index (κ1) is 10.5. The molecule has 0 saturated carbocycles. The third-order valence-electron chi connectivity index (χ3n) is 2.99. The van der Waals surface area contributed by atoms with Crippen molar-refractivity contribution in [1.82, 2.24) is 15.1 Å². The molecule has 0 aliphatic rings. The highest BCUT2D eigenvalue weighted by molar-refractivity contribution is 7.13. The lowest BCUT2D eigenvalue weighted by Crippen LogP contribution is -1.76. The maximum absolute atomic E-state index is 5.37. The smallest absolute Gasteiger partial charge is 0.260 e. The Hall–Kier alpha value is -2.40. The predicted molar refractivity (Wildman–Crippen MR) is 74.9 cm³/mol. The molecular weight excluding hydrogens is 258 g/mol. The van der Waals surface area contributed by atoms with Gasteiger partial charge < -0.3 is 9.51 Å². The molecule has 0 aliphatic heterocycles. The van der Waals surface area contributed by atoms with Crippen LogP contribution < -0.4 is 0 Å². The minimum atomic E-state index is 0.542. The van der Waals surface area contributed by atoms with Gasteiger partial charge in [0.1, 0.15) is 0 Å². The van der Waals surface area contributed by atoms with Crippen molar-refractivity contribution in [2.24, 2.45) is 0 Å². The van der Waals surface area contributed by atoms with Crippen molar-refractivity contribution < 1.29 is 4.52 Å². The summed E-state index contributed by atoms with van der Waals surface area (Å²) >= 11 is 1.60. The molecule has 19 heavy (non-hydrogen) atoms. The van der Waals surface area contributed by atoms with Crippen LogP contribution in [-0.2, 0) is 0 Å². The van der Waals surface area contributed by atoms with Crippen LogP contribution in [0.15, 0.2) is 52.5 Å². The van der Waals surface area contributed by atoms with E-state index in [0.717, 1.165) is 21.3 Å². The minimum absolute atomic E-state index is 0.542. The Kier molecular flexibility index (Phi) is 2.25. The molecule has 0 amide bonds. The second kappa shape index (κ2) is 4.07. The van der Waals surface area contributed by atoms with E-state index < -0.39 is 0 Å². The van der Waals surface area contributed by atoms with Gasteiger partial charge in [0, 0.05) is 17.1 Å². The van der Waals surface area contributed by atoms with Crippen LogP contribution >= 0.6 is 11.3 Å². The van der Waals surface area contributed by atoms with Crippen molar-refractivity contribution in [2.45, 2.75) is 0 Å². The topological polar surface area (TPSA) is 54.7 Å². The van der Waals surface area contributed by atoms with Gasteiger partial charge in [0.2, 0.25) is 5.82 Å². The lowest BCUT2D eigenvalue weighted by Gasteiger charge is -1.90. The number of hydrogen-bond acceptors (Lipinski definition) is 4. The predicted octanol–water partition coefficient (Wildman–Crippen LogP) is 3.95. The normalized spacial score (nSPS) is 11.2. The van der Waals surface area contributed by atoms with Crippen molar-refractivity contribution >= 4 is 22.2 Å². The summed E-state index contributed by atoms with van der Waals surface area (Å²) in [5, 5.41) is 7.12. The average Bonchev–Trinajstić information content (AvgIpc) is 3.18. The number of rotatable bonds is 2. The molecule has 3 heterocycles. The van der Waals surface area contributed by atoms with E-state index in [9.17, 15) is 0 Å². The van der Waals surface area contributed by atoms with E-state index in [4.69, 9.17) is 4.52 Å². The molecule has 92 valence electrons. The van der Waals surface area contributed by atoms with Gasteiger partial charge in [0.15, 0.2) is 0 Å². The molecule has 0 radical (unpaired) electrons. The molecule has 4 rings (SSSR count). The quantitative estimate of drug-likeness (QED) is 0.598. The van der Waals surface area contributed by atoms with Gasteiger partial charge in [-0.2, -0.15) is 4.98 Å². The first-order valence-corrected chi connectivity index (χ1v) is 6.74. The summed E-state index contributed by atoms with van der Waals surface area (Å²) in [7, 11) is 0. The lowest BCUT2D eigenvalue weighted by atomic mass is 10.2. The summed E-state index contributed by atoms with van der Waals surface area (Å²) in [6, 6.07) is 12.0. The molecule has 3 aromatic heterocycles. The number of aromatic amines is 1. The zero-order valence-corrected chi connectivity index (χ0v) is 10.6. The second-order valence-corrected chi connectivity index (χ2v) is 5.10. The number of hydrogen-bond donors (Lipinski definition) is 1. The van der Waals surface area contributed by atoms with Crippen LogP contribution in [0.1, 0.15) is 0 Å². The third-order valence-corrected chi connectivity index (χ3v) is 3.85. The van der Waals surface area contributed by atoms with Gasteiger partial charge in [-0.25, -0.2) is 0 Å². The number of H-pyrrole nitrogens is 1. The minimum Gasteiger partial charge on any atom is -0.360 e. The van der Waals surface area contributed by atoms with Crippen molar-refractivity contribution in [3.8, 4) is 22.2 Å². The number of benzene rings is 1. The van der Waals surface area contributed by atoms with Crippen molar-refractivity contribution in [1.29, 1.82) is 0 Å². The molecule has 0 atom stereocenters. The fourth-order valence-corrected chi connectivity index (χ4v) is 2.74. The van der Waals surface area contributed by atoms with Gasteiger partial charge in [-0.15, -0.1) is 11.3 Å². The van der Waals surface area contributed by atoms with E-state index in [-0.39, 0.29) is 0 Å². The van der Waals surface area contributed by atoms with Gasteiger partial charge in [0.25, 0.3) is 5.89 Å². The molecule has 1 aromatic carbocycles. The van der Waals surface area contributed by atoms with E-state index in [2.05, 4.69) is 15.1 Å². The van der Waals surface area contributed by atoms with Gasteiger partial charge in [-0.1, -0.05) is 29.4 Å². The van der Waals surface area contributed by atoms with Crippen molar-refractivity contribution in [2.75, 3.05) is 0 Å². The van der Waals surface area contributed by atoms with Crippen LogP contribution in [0, 0.1) is 0 Å². The number of fused-ring (bicyclic) bond motifs is 1. The van der Waals surface area contributed by atoms with Crippen LogP contribution in [0.25, 0.3) is 33.1 Å². The monoisotopic (exact) mass is 267 g/mol. The van der Waals surface area contributed by atoms with E-state index in [1.54, 1.807) is 11.3 Å². The van der Waals surface area contributed by atoms with E-state index >= 15 is 0 Å². The van der Waals surface area contributed by atoms with Gasteiger partial charge >= 0.3 is 0 Å². The highest BCUT2D eigenvalue weighted by Crippen LogP contribution is 2.29. The summed E-state index contributed by atoms with van der Waals surface area (Å²) in [5.74, 6) is 1.18. The molecule has 0 unspecified atom stereocenters. The number of nitrogens with zero attached hydrogens (tertiary/aromatic N) is 2. The van der Waals surface area contributed by atoms with Crippen LogP contribution in [0.4, 0.5) is 0 Å². The molecule has 0 aliphatic carbocycles. The number of para-hydroxylation sites is 1. The fourth-order valence-electron chi connectivity index (χ4n) is 2.09. The molecule has 1 N–H and O–H groups in total. The Bertz CT molecular complexity index is 829. The Morgan fingerprint density at radius 3 is 2.95 bits per heavy atom. The van der Waals surface area contributed by atoms with E-state index in [0.29, 0.717) is 11.7 Å². The molecule has 0 spiro atoms. The Balaban J connectivity index is 1.85. The maximum Gasteiger partial charge on any atom is 0.260 e. The number of thiophene rings is 1. The molecule has 4 nitrogen and oxygen atoms in total. The standard InChI is InChI=1S/C14H9N3OS/c1-2-5-11-9(4-1)10(8-15-11)14-16-13(17-18-14)12-6-3-7-19-12/h1-8,15H. The first-order chi connectivity index (χ1) is 9.42. The largest absolute Gasteiger partial charge is 0.360 e. The molecule has 0 fully saturated rings. The van der Waals surface area contributed by atoms with Crippen molar-refractivity contribution in [3.05, 3.63) is 48.0 Å². The second-order valence-electron chi connectivity index (χ2n) is 4.15. The zero-order chi connectivity index (χ0) is 12.7. The molecule has 4 aromatic rings. The van der Waals surface area contributed by atoms with Crippen LogP contribution in [0.2, 0.25) is 0 Å². The van der Waals surface area contributed by atoms with Crippen LogP contribution in [0.5, 0.6) is 0 Å². The Labute approximate surface area is 112 Å². The van der Waals surface area contributed by atoms with Gasteiger partial charge in [0.05, 0.1) is 10.4 Å². The van der Waals surface area contributed by atoms with Gasteiger partial charge in [-0.3, -0.25) is 0 Å². The number of nitrogens with one attached hydrogen (secondary N) is 1. The Morgan fingerprint density at radius 1 is 1.11 bits per heavy atom. The van der Waals surface area contributed by atoms with E-state index in [1.807, 2.05) is 48.0 Å². The Morgan fingerprint density at radius 2 is 2.05 bits per heavy atom. The zero-order valence-electron chi connectivity index (χ0n) is 9.83.